The van der Waals surface area contributed by atoms with E-state index in [0.717, 1.165) is 35.6 Å². The lowest BCUT2D eigenvalue weighted by atomic mass is 10.1. The minimum Gasteiger partial charge on any atom is -0.457 e. The van der Waals surface area contributed by atoms with Crippen molar-refractivity contribution in [1.82, 2.24) is 4.57 Å². The Labute approximate surface area is 182 Å². The standard InChI is InChI=1S/C24H30N2O5/c1-16-6-8-20(9-7-16)26-14-19(13-23(26)28)24(29)31-15-22(27)21-12-17(2)25(18(21)3)10-5-11-30-4/h6-9,12,19H,5,10-11,13-15H2,1-4H3/t19-/m0/s1. The number of nitrogens with zero attached hydrogens (tertiary/aromatic N) is 2. The second kappa shape index (κ2) is 9.92. The van der Waals surface area contributed by atoms with Crippen molar-refractivity contribution in [3.8, 4) is 0 Å². The molecule has 1 atom stereocenters. The zero-order chi connectivity index (χ0) is 22.5. The van der Waals surface area contributed by atoms with Gasteiger partial charge in [0.2, 0.25) is 11.7 Å². The monoisotopic (exact) mass is 426 g/mol. The van der Waals surface area contributed by atoms with E-state index in [9.17, 15) is 14.4 Å². The number of hydrogen-bond acceptors (Lipinski definition) is 5. The van der Waals surface area contributed by atoms with Crippen LogP contribution in [0.4, 0.5) is 5.69 Å². The van der Waals surface area contributed by atoms with Crippen molar-refractivity contribution in [2.75, 3.05) is 31.8 Å². The van der Waals surface area contributed by atoms with E-state index in [0.29, 0.717) is 12.2 Å². The third-order valence-electron chi connectivity index (χ3n) is 5.75. The van der Waals surface area contributed by atoms with E-state index in [2.05, 4.69) is 4.57 Å². The van der Waals surface area contributed by atoms with Gasteiger partial charge in [-0.2, -0.15) is 0 Å². The van der Waals surface area contributed by atoms with Crippen LogP contribution >= 0.6 is 0 Å². The Balaban J connectivity index is 1.57. The molecule has 7 heteroatoms. The molecule has 1 aromatic carbocycles. The maximum absolute atomic E-state index is 12.7. The summed E-state index contributed by atoms with van der Waals surface area (Å²) in [5.41, 5.74) is 4.27. The summed E-state index contributed by atoms with van der Waals surface area (Å²) in [5, 5.41) is 0. The maximum atomic E-state index is 12.7. The van der Waals surface area contributed by atoms with E-state index < -0.39 is 11.9 Å². The predicted molar refractivity (Wildman–Crippen MR) is 117 cm³/mol. The van der Waals surface area contributed by atoms with E-state index in [-0.39, 0.29) is 31.3 Å². The first-order chi connectivity index (χ1) is 14.8. The number of carbonyl (C=O) groups excluding carboxylic acids is 3. The molecule has 2 aromatic rings. The molecule has 0 saturated carbocycles. The lowest BCUT2D eigenvalue weighted by molar-refractivity contribution is -0.147. The quantitative estimate of drug-likeness (QED) is 0.350. The Bertz CT molecular complexity index is 961. The van der Waals surface area contributed by atoms with Crippen LogP contribution in [0.25, 0.3) is 0 Å². The summed E-state index contributed by atoms with van der Waals surface area (Å²) in [4.78, 5) is 39.2. The zero-order valence-electron chi connectivity index (χ0n) is 18.6. The lowest BCUT2D eigenvalue weighted by Crippen LogP contribution is -2.27. The van der Waals surface area contributed by atoms with Crippen LogP contribution in [-0.2, 0) is 25.6 Å². The fraction of sp³-hybridized carbons (Fsp3) is 0.458. The number of Topliss-reactive ketones (excluding diaryl/α,β-unsaturated/α-hetero) is 1. The van der Waals surface area contributed by atoms with Crippen molar-refractivity contribution in [2.45, 2.75) is 40.2 Å². The molecular formula is C24H30N2O5. The number of aryl methyl sites for hydroxylation is 2. The number of benzene rings is 1. The Morgan fingerprint density at radius 3 is 2.52 bits per heavy atom. The highest BCUT2D eigenvalue weighted by molar-refractivity contribution is 6.01. The molecule has 31 heavy (non-hydrogen) atoms. The molecule has 0 N–H and O–H groups in total. The van der Waals surface area contributed by atoms with Gasteiger partial charge in [0.1, 0.15) is 0 Å². The van der Waals surface area contributed by atoms with Gasteiger partial charge in [0.25, 0.3) is 0 Å². The zero-order valence-corrected chi connectivity index (χ0v) is 18.6. The molecule has 0 bridgehead atoms. The molecule has 0 aliphatic carbocycles. The van der Waals surface area contributed by atoms with Crippen molar-refractivity contribution >= 4 is 23.3 Å². The van der Waals surface area contributed by atoms with Crippen LogP contribution < -0.4 is 4.90 Å². The van der Waals surface area contributed by atoms with Crippen molar-refractivity contribution in [3.63, 3.8) is 0 Å². The van der Waals surface area contributed by atoms with Crippen LogP contribution in [0.1, 0.15) is 40.2 Å². The van der Waals surface area contributed by atoms with Gasteiger partial charge in [0.05, 0.1) is 5.92 Å². The molecule has 1 saturated heterocycles. The van der Waals surface area contributed by atoms with Gasteiger partial charge in [0, 0.05) is 55.9 Å². The van der Waals surface area contributed by atoms with E-state index in [1.54, 1.807) is 12.0 Å². The Morgan fingerprint density at radius 1 is 1.13 bits per heavy atom. The molecule has 1 aliphatic rings. The van der Waals surface area contributed by atoms with Crippen LogP contribution in [0.15, 0.2) is 30.3 Å². The fourth-order valence-electron chi connectivity index (χ4n) is 3.97. The summed E-state index contributed by atoms with van der Waals surface area (Å²) in [5.74, 6) is -1.43. The molecule has 166 valence electrons. The summed E-state index contributed by atoms with van der Waals surface area (Å²) in [6.07, 6.45) is 0.942. The molecule has 1 fully saturated rings. The summed E-state index contributed by atoms with van der Waals surface area (Å²) < 4.78 is 12.5. The molecule has 1 amide bonds. The van der Waals surface area contributed by atoms with E-state index >= 15 is 0 Å². The van der Waals surface area contributed by atoms with Gasteiger partial charge in [-0.25, -0.2) is 0 Å². The number of amides is 1. The molecule has 7 nitrogen and oxygen atoms in total. The number of anilines is 1. The molecule has 0 unspecified atom stereocenters. The van der Waals surface area contributed by atoms with Gasteiger partial charge in [-0.1, -0.05) is 17.7 Å². The van der Waals surface area contributed by atoms with E-state index in [4.69, 9.17) is 9.47 Å². The van der Waals surface area contributed by atoms with Gasteiger partial charge in [-0.3, -0.25) is 14.4 Å². The van der Waals surface area contributed by atoms with Crippen molar-refractivity contribution in [3.05, 3.63) is 52.8 Å². The number of rotatable bonds is 9. The fourth-order valence-corrected chi connectivity index (χ4v) is 3.97. The summed E-state index contributed by atoms with van der Waals surface area (Å²) in [7, 11) is 1.66. The van der Waals surface area contributed by atoms with Gasteiger partial charge < -0.3 is 18.9 Å². The highest BCUT2D eigenvalue weighted by Gasteiger charge is 2.36. The topological polar surface area (TPSA) is 77.8 Å². The lowest BCUT2D eigenvalue weighted by Gasteiger charge is -2.16. The molecule has 1 aliphatic heterocycles. The van der Waals surface area contributed by atoms with Crippen molar-refractivity contribution in [1.29, 1.82) is 0 Å². The van der Waals surface area contributed by atoms with E-state index in [1.807, 2.05) is 51.1 Å². The first kappa shape index (κ1) is 22.7. The molecule has 0 radical (unpaired) electrons. The maximum Gasteiger partial charge on any atom is 0.311 e. The smallest absolute Gasteiger partial charge is 0.311 e. The summed E-state index contributed by atoms with van der Waals surface area (Å²) >= 11 is 0. The Kier molecular flexibility index (Phi) is 7.28. The third kappa shape index (κ3) is 5.22. The number of carbonyl (C=O) groups is 3. The third-order valence-corrected chi connectivity index (χ3v) is 5.75. The van der Waals surface area contributed by atoms with Crippen LogP contribution in [0, 0.1) is 26.7 Å². The predicted octanol–water partition coefficient (Wildman–Crippen LogP) is 3.23. The Morgan fingerprint density at radius 2 is 1.84 bits per heavy atom. The summed E-state index contributed by atoms with van der Waals surface area (Å²) in [6, 6.07) is 9.42. The number of methoxy groups -OCH3 is 1. The van der Waals surface area contributed by atoms with Gasteiger partial charge in [0.15, 0.2) is 6.61 Å². The highest BCUT2D eigenvalue weighted by atomic mass is 16.5. The minimum absolute atomic E-state index is 0.0922. The molecular weight excluding hydrogens is 396 g/mol. The molecule has 0 spiro atoms. The van der Waals surface area contributed by atoms with Crippen LogP contribution in [0.5, 0.6) is 0 Å². The molecule has 2 heterocycles. The van der Waals surface area contributed by atoms with Crippen LogP contribution in [0.3, 0.4) is 0 Å². The number of ether oxygens (including phenoxy) is 2. The molecule has 1 aromatic heterocycles. The van der Waals surface area contributed by atoms with Gasteiger partial charge in [-0.15, -0.1) is 0 Å². The average molecular weight is 427 g/mol. The van der Waals surface area contributed by atoms with Gasteiger partial charge >= 0.3 is 5.97 Å². The summed E-state index contributed by atoms with van der Waals surface area (Å²) in [6.45, 7) is 7.18. The van der Waals surface area contributed by atoms with Crippen LogP contribution in [-0.4, -0.2) is 49.1 Å². The molecule has 3 rings (SSSR count). The van der Waals surface area contributed by atoms with Crippen LogP contribution in [0.2, 0.25) is 0 Å². The number of esters is 1. The second-order valence-electron chi connectivity index (χ2n) is 8.05. The van der Waals surface area contributed by atoms with Gasteiger partial charge in [-0.05, 0) is 45.4 Å². The number of ketones is 1. The van der Waals surface area contributed by atoms with Crippen molar-refractivity contribution in [2.24, 2.45) is 5.92 Å². The normalized spacial score (nSPS) is 16.1. The minimum atomic E-state index is -0.567. The van der Waals surface area contributed by atoms with Crippen molar-refractivity contribution < 1.29 is 23.9 Å². The average Bonchev–Trinajstić information content (AvgIpc) is 3.27. The first-order valence-electron chi connectivity index (χ1n) is 10.5. The Hall–Kier alpha value is -2.93. The highest BCUT2D eigenvalue weighted by Crippen LogP contribution is 2.26. The first-order valence-corrected chi connectivity index (χ1v) is 10.5. The number of aromatic nitrogens is 1. The SMILES string of the molecule is COCCCn1c(C)cc(C(=O)COC(=O)[C@H]2CC(=O)N(c3ccc(C)cc3)C2)c1C. The number of hydrogen-bond donors (Lipinski definition) is 0. The second-order valence-corrected chi connectivity index (χ2v) is 8.05. The van der Waals surface area contributed by atoms with E-state index in [1.165, 1.54) is 0 Å². The largest absolute Gasteiger partial charge is 0.457 e.